The molecule has 0 spiro atoms. The Morgan fingerprint density at radius 1 is 1.35 bits per heavy atom. The Hall–Kier alpha value is -1.61. The number of carbonyl (C=O) groups excluding carboxylic acids is 1. The molecule has 2 aliphatic carbocycles. The number of Topliss-reactive ketones (excluding diaryl/α,β-unsaturated/α-hetero) is 1. The van der Waals surface area contributed by atoms with Crippen molar-refractivity contribution in [2.75, 3.05) is 7.11 Å². The van der Waals surface area contributed by atoms with Gasteiger partial charge in [0.2, 0.25) is 0 Å². The van der Waals surface area contributed by atoms with Gasteiger partial charge in [0.25, 0.3) is 0 Å². The van der Waals surface area contributed by atoms with Crippen molar-refractivity contribution in [3.8, 4) is 0 Å². The van der Waals surface area contributed by atoms with Gasteiger partial charge in [0.15, 0.2) is 0 Å². The Bertz CT molecular complexity index is 594. The fraction of sp³-hybridized carbons (Fsp3) is 0.550. The lowest BCUT2D eigenvalue weighted by Crippen LogP contribution is -2.29. The van der Waals surface area contributed by atoms with Crippen molar-refractivity contribution >= 4 is 5.78 Å². The molecule has 2 aliphatic rings. The van der Waals surface area contributed by atoms with Crippen molar-refractivity contribution in [3.05, 3.63) is 48.2 Å². The van der Waals surface area contributed by atoms with Crippen LogP contribution in [0.4, 0.5) is 0 Å². The van der Waals surface area contributed by atoms with Crippen molar-refractivity contribution in [2.24, 2.45) is 23.2 Å². The molecule has 3 nitrogen and oxygen atoms in total. The molecule has 0 bridgehead atoms. The third-order valence-corrected chi connectivity index (χ3v) is 5.80. The number of carbonyl (C=O) groups is 1. The largest absolute Gasteiger partial charge is 0.501 e. The second-order valence-corrected chi connectivity index (χ2v) is 7.27. The fourth-order valence-corrected chi connectivity index (χ4v) is 4.43. The quantitative estimate of drug-likeness (QED) is 0.771. The molecule has 2 saturated carbocycles. The van der Waals surface area contributed by atoms with E-state index in [0.29, 0.717) is 18.3 Å². The number of methoxy groups -OCH3 is 1. The molecule has 0 N–H and O–H groups in total. The zero-order valence-corrected chi connectivity index (χ0v) is 14.2. The van der Waals surface area contributed by atoms with Gasteiger partial charge < -0.3 is 9.47 Å². The maximum atomic E-state index is 12.9. The summed E-state index contributed by atoms with van der Waals surface area (Å²) in [6, 6.07) is 10.2. The molecular formula is C20H26O3. The third-order valence-electron chi connectivity index (χ3n) is 5.80. The normalized spacial score (nSPS) is 36.0. The van der Waals surface area contributed by atoms with E-state index in [9.17, 15) is 4.79 Å². The summed E-state index contributed by atoms with van der Waals surface area (Å²) in [5, 5.41) is 0. The number of rotatable bonds is 5. The van der Waals surface area contributed by atoms with Gasteiger partial charge in [0, 0.05) is 5.92 Å². The second kappa shape index (κ2) is 6.12. The predicted octanol–water partition coefficient (Wildman–Crippen LogP) is 3.98. The zero-order valence-electron chi connectivity index (χ0n) is 14.2. The summed E-state index contributed by atoms with van der Waals surface area (Å²) in [4.78, 5) is 12.9. The average molecular weight is 314 g/mol. The Morgan fingerprint density at radius 3 is 2.70 bits per heavy atom. The van der Waals surface area contributed by atoms with Crippen LogP contribution in [0.3, 0.4) is 0 Å². The highest BCUT2D eigenvalue weighted by molar-refractivity contribution is 5.92. The third kappa shape index (κ3) is 2.72. The van der Waals surface area contributed by atoms with Gasteiger partial charge in [-0.1, -0.05) is 43.8 Å². The molecule has 5 atom stereocenters. The molecule has 0 aromatic heterocycles. The molecule has 0 unspecified atom stereocenters. The number of fused-ring (bicyclic) bond motifs is 1. The first-order valence-corrected chi connectivity index (χ1v) is 8.40. The summed E-state index contributed by atoms with van der Waals surface area (Å²) in [6.45, 7) is 8.73. The van der Waals surface area contributed by atoms with E-state index >= 15 is 0 Å². The smallest absolute Gasteiger partial charge is 0.149 e. The van der Waals surface area contributed by atoms with E-state index in [2.05, 4.69) is 25.6 Å². The van der Waals surface area contributed by atoms with Crippen LogP contribution in [-0.4, -0.2) is 19.0 Å². The molecule has 0 radical (unpaired) electrons. The van der Waals surface area contributed by atoms with E-state index < -0.39 is 5.41 Å². The molecule has 0 aliphatic heterocycles. The standard InChI is InChI=1S/C20H26O3/c1-13-10-16-17(11-20(3,19(16)21)14(2)22-4)18(13)23-12-15-8-6-5-7-9-15/h5-9,13,16-18H,2,10-12H2,1,3-4H3/t13-,16+,17+,18+,20-/m1/s1. The van der Waals surface area contributed by atoms with Crippen LogP contribution in [0.15, 0.2) is 42.7 Å². The van der Waals surface area contributed by atoms with Crippen LogP contribution in [0.1, 0.15) is 32.3 Å². The Kier molecular flexibility index (Phi) is 4.33. The van der Waals surface area contributed by atoms with Crippen molar-refractivity contribution < 1.29 is 14.3 Å². The second-order valence-electron chi connectivity index (χ2n) is 7.27. The van der Waals surface area contributed by atoms with Gasteiger partial charge in [-0.3, -0.25) is 4.79 Å². The lowest BCUT2D eigenvalue weighted by Gasteiger charge is -2.28. The minimum absolute atomic E-state index is 0.0858. The highest BCUT2D eigenvalue weighted by Gasteiger charge is 2.59. The minimum Gasteiger partial charge on any atom is -0.501 e. The number of hydrogen-bond donors (Lipinski definition) is 0. The van der Waals surface area contributed by atoms with E-state index in [1.165, 1.54) is 5.56 Å². The van der Waals surface area contributed by atoms with Crippen molar-refractivity contribution in [2.45, 2.75) is 39.4 Å². The summed E-state index contributed by atoms with van der Waals surface area (Å²) < 4.78 is 11.6. The summed E-state index contributed by atoms with van der Waals surface area (Å²) >= 11 is 0. The Labute approximate surface area is 138 Å². The molecule has 124 valence electrons. The monoisotopic (exact) mass is 314 g/mol. The van der Waals surface area contributed by atoms with Crippen molar-refractivity contribution in [1.82, 2.24) is 0 Å². The van der Waals surface area contributed by atoms with E-state index in [-0.39, 0.29) is 23.7 Å². The first kappa shape index (κ1) is 16.3. The molecule has 2 fully saturated rings. The molecule has 1 aromatic carbocycles. The van der Waals surface area contributed by atoms with E-state index in [1.54, 1.807) is 7.11 Å². The van der Waals surface area contributed by atoms with Gasteiger partial charge in [0.05, 0.1) is 25.2 Å². The van der Waals surface area contributed by atoms with Crippen LogP contribution in [0, 0.1) is 23.2 Å². The van der Waals surface area contributed by atoms with Crippen LogP contribution in [0.5, 0.6) is 0 Å². The van der Waals surface area contributed by atoms with Crippen LogP contribution < -0.4 is 0 Å². The summed E-state index contributed by atoms with van der Waals surface area (Å²) in [5.41, 5.74) is 0.620. The molecule has 0 amide bonds. The van der Waals surface area contributed by atoms with E-state index in [1.807, 2.05) is 25.1 Å². The average Bonchev–Trinajstić information content (AvgIpc) is 2.99. The SMILES string of the molecule is C=C(OC)[C@@]1(C)C[C@@H]2[C@@H](OCc3ccccc3)[C@H](C)C[C@@H]2C1=O. The van der Waals surface area contributed by atoms with Crippen molar-refractivity contribution in [1.29, 1.82) is 0 Å². The maximum absolute atomic E-state index is 12.9. The number of ketones is 1. The highest BCUT2D eigenvalue weighted by atomic mass is 16.5. The van der Waals surface area contributed by atoms with Gasteiger partial charge >= 0.3 is 0 Å². The van der Waals surface area contributed by atoms with E-state index in [4.69, 9.17) is 9.47 Å². The van der Waals surface area contributed by atoms with Crippen molar-refractivity contribution in [3.63, 3.8) is 0 Å². The maximum Gasteiger partial charge on any atom is 0.149 e. The summed E-state index contributed by atoms with van der Waals surface area (Å²) in [5.74, 6) is 1.65. The lowest BCUT2D eigenvalue weighted by molar-refractivity contribution is -0.128. The highest BCUT2D eigenvalue weighted by Crippen LogP contribution is 2.55. The number of hydrogen-bond acceptors (Lipinski definition) is 3. The molecule has 1 aromatic rings. The lowest BCUT2D eigenvalue weighted by atomic mass is 9.82. The first-order valence-electron chi connectivity index (χ1n) is 8.40. The summed E-state index contributed by atoms with van der Waals surface area (Å²) in [6.07, 6.45) is 1.83. The predicted molar refractivity (Wildman–Crippen MR) is 89.7 cm³/mol. The fourth-order valence-electron chi connectivity index (χ4n) is 4.43. The Balaban J connectivity index is 1.73. The molecule has 0 heterocycles. The number of allylic oxidation sites excluding steroid dienone is 1. The number of ether oxygens (including phenoxy) is 2. The van der Waals surface area contributed by atoms with Gasteiger partial charge in [-0.05, 0) is 37.2 Å². The van der Waals surface area contributed by atoms with E-state index in [0.717, 1.165) is 12.8 Å². The zero-order chi connectivity index (χ0) is 16.6. The first-order chi connectivity index (χ1) is 11.0. The van der Waals surface area contributed by atoms with Crippen LogP contribution >= 0.6 is 0 Å². The summed E-state index contributed by atoms with van der Waals surface area (Å²) in [7, 11) is 1.60. The van der Waals surface area contributed by atoms with Gasteiger partial charge in [-0.2, -0.15) is 0 Å². The topological polar surface area (TPSA) is 35.5 Å². The number of benzene rings is 1. The Morgan fingerprint density at radius 2 is 2.04 bits per heavy atom. The molecule has 0 saturated heterocycles. The van der Waals surface area contributed by atoms with Crippen LogP contribution in [-0.2, 0) is 20.9 Å². The molecule has 3 heteroatoms. The van der Waals surface area contributed by atoms with Gasteiger partial charge in [0.1, 0.15) is 11.5 Å². The molecular weight excluding hydrogens is 288 g/mol. The van der Waals surface area contributed by atoms with Gasteiger partial charge in [-0.25, -0.2) is 0 Å². The van der Waals surface area contributed by atoms with Gasteiger partial charge in [-0.15, -0.1) is 0 Å². The van der Waals surface area contributed by atoms with Crippen LogP contribution in [0.25, 0.3) is 0 Å². The molecule has 23 heavy (non-hydrogen) atoms. The minimum atomic E-state index is -0.557. The molecule has 3 rings (SSSR count). The van der Waals surface area contributed by atoms with Crippen LogP contribution in [0.2, 0.25) is 0 Å².